The number of benzene rings is 3. The van der Waals surface area contributed by atoms with Crippen molar-refractivity contribution in [2.75, 3.05) is 10.8 Å². The molecule has 3 rings (SSSR count). The summed E-state index contributed by atoms with van der Waals surface area (Å²) in [5.74, 6) is -0.286. The fourth-order valence-electron chi connectivity index (χ4n) is 2.98. The topological polar surface area (TPSA) is 78.8 Å². The van der Waals surface area contributed by atoms with Crippen molar-refractivity contribution in [3.05, 3.63) is 95.0 Å². The van der Waals surface area contributed by atoms with E-state index in [1.807, 2.05) is 12.1 Å². The molecule has 0 aliphatic carbocycles. The molecule has 0 aliphatic rings. The first-order chi connectivity index (χ1) is 15.3. The van der Waals surface area contributed by atoms with Gasteiger partial charge in [-0.25, -0.2) is 13.8 Å². The van der Waals surface area contributed by atoms with Crippen LogP contribution in [-0.2, 0) is 14.8 Å². The third-order valence-corrected chi connectivity index (χ3v) is 6.90. The van der Waals surface area contributed by atoms with E-state index < -0.39 is 22.5 Å². The number of carbonyl (C=O) groups excluding carboxylic acids is 1. The zero-order valence-corrected chi connectivity index (χ0v) is 19.3. The van der Waals surface area contributed by atoms with Crippen molar-refractivity contribution < 1.29 is 13.2 Å². The Balaban J connectivity index is 1.85. The minimum Gasteiger partial charge on any atom is -0.271 e. The zero-order chi connectivity index (χ0) is 23.1. The van der Waals surface area contributed by atoms with E-state index in [1.165, 1.54) is 18.3 Å². The van der Waals surface area contributed by atoms with Gasteiger partial charge in [-0.2, -0.15) is 5.10 Å². The minimum atomic E-state index is -3.97. The summed E-state index contributed by atoms with van der Waals surface area (Å²) in [6.07, 6.45) is 1.41. The van der Waals surface area contributed by atoms with Gasteiger partial charge in [0, 0.05) is 10.6 Å². The first-order valence-electron chi connectivity index (χ1n) is 10.0. The molecule has 0 saturated heterocycles. The summed E-state index contributed by atoms with van der Waals surface area (Å²) >= 11 is 6.08. The number of nitrogens with one attached hydrogen (secondary N) is 1. The van der Waals surface area contributed by atoms with Crippen LogP contribution in [0.5, 0.6) is 0 Å². The number of carbonyl (C=O) groups is 1. The molecule has 0 fully saturated rings. The van der Waals surface area contributed by atoms with Gasteiger partial charge >= 0.3 is 0 Å². The smallest absolute Gasteiger partial charge is 0.264 e. The van der Waals surface area contributed by atoms with Gasteiger partial charge in [0.1, 0.15) is 6.54 Å². The van der Waals surface area contributed by atoms with E-state index in [9.17, 15) is 13.2 Å². The lowest BCUT2D eigenvalue weighted by Gasteiger charge is -2.24. The van der Waals surface area contributed by atoms with Gasteiger partial charge in [-0.1, -0.05) is 74.0 Å². The summed E-state index contributed by atoms with van der Waals surface area (Å²) in [6, 6.07) is 22.2. The van der Waals surface area contributed by atoms with Crippen molar-refractivity contribution in [2.24, 2.45) is 5.10 Å². The van der Waals surface area contributed by atoms with Gasteiger partial charge in [-0.15, -0.1) is 0 Å². The third kappa shape index (κ3) is 5.75. The Bertz CT molecular complexity index is 1190. The van der Waals surface area contributed by atoms with Crippen molar-refractivity contribution in [3.8, 4) is 0 Å². The molecule has 32 heavy (non-hydrogen) atoms. The predicted molar refractivity (Wildman–Crippen MR) is 129 cm³/mol. The molecule has 1 amide bonds. The van der Waals surface area contributed by atoms with E-state index in [2.05, 4.69) is 24.4 Å². The van der Waals surface area contributed by atoms with Gasteiger partial charge < -0.3 is 0 Å². The van der Waals surface area contributed by atoms with Gasteiger partial charge in [0.25, 0.3) is 15.9 Å². The highest BCUT2D eigenvalue weighted by molar-refractivity contribution is 7.92. The van der Waals surface area contributed by atoms with E-state index in [4.69, 9.17) is 11.6 Å². The summed E-state index contributed by atoms with van der Waals surface area (Å²) in [5, 5.41) is 4.40. The molecule has 0 atom stereocenters. The predicted octanol–water partition coefficient (Wildman–Crippen LogP) is 4.81. The van der Waals surface area contributed by atoms with Crippen molar-refractivity contribution in [3.63, 3.8) is 0 Å². The maximum atomic E-state index is 13.3. The lowest BCUT2D eigenvalue weighted by atomic mass is 10.0. The van der Waals surface area contributed by atoms with Crippen LogP contribution in [0.2, 0.25) is 5.02 Å². The van der Waals surface area contributed by atoms with Crippen LogP contribution in [0.25, 0.3) is 0 Å². The van der Waals surface area contributed by atoms with Crippen LogP contribution in [-0.4, -0.2) is 27.1 Å². The normalized spacial score (nSPS) is 11.6. The maximum Gasteiger partial charge on any atom is 0.264 e. The summed E-state index contributed by atoms with van der Waals surface area (Å²) in [4.78, 5) is 12.7. The van der Waals surface area contributed by atoms with Gasteiger partial charge in [0.15, 0.2) is 0 Å². The van der Waals surface area contributed by atoms with E-state index in [1.54, 1.807) is 54.6 Å². The molecule has 0 saturated carbocycles. The molecule has 166 valence electrons. The van der Waals surface area contributed by atoms with E-state index in [-0.39, 0.29) is 4.90 Å². The number of hydrogen-bond acceptors (Lipinski definition) is 4. The Kier molecular flexibility index (Phi) is 7.66. The molecule has 0 aliphatic heterocycles. The van der Waals surface area contributed by atoms with Crippen molar-refractivity contribution in [1.29, 1.82) is 0 Å². The standard InChI is InChI=1S/C24H24ClN3O3S/c1-18(2)19-12-14-21(15-13-19)28(32(30,31)22-9-4-3-5-10-22)17-24(29)27-26-16-20-8-6-7-11-23(20)25/h3-16,18H,17H2,1-2H3,(H,27,29)/b26-16-. The number of hydrazone groups is 1. The van der Waals surface area contributed by atoms with Crippen LogP contribution in [0.1, 0.15) is 30.9 Å². The fourth-order valence-corrected chi connectivity index (χ4v) is 4.61. The molecule has 1 N–H and O–H groups in total. The van der Waals surface area contributed by atoms with E-state index in [0.717, 1.165) is 9.87 Å². The summed E-state index contributed by atoms with van der Waals surface area (Å²) in [5.41, 5.74) is 4.47. The first-order valence-corrected chi connectivity index (χ1v) is 11.8. The van der Waals surface area contributed by atoms with Crippen molar-refractivity contribution in [1.82, 2.24) is 5.43 Å². The van der Waals surface area contributed by atoms with Crippen LogP contribution < -0.4 is 9.73 Å². The number of amides is 1. The number of hydrogen-bond donors (Lipinski definition) is 1. The number of sulfonamides is 1. The molecule has 6 nitrogen and oxygen atoms in total. The molecule has 3 aromatic rings. The second kappa shape index (κ2) is 10.4. The Morgan fingerprint density at radius 2 is 1.62 bits per heavy atom. The number of anilines is 1. The van der Waals surface area contributed by atoms with Gasteiger partial charge in [-0.3, -0.25) is 9.10 Å². The van der Waals surface area contributed by atoms with Crippen LogP contribution in [0.4, 0.5) is 5.69 Å². The summed E-state index contributed by atoms with van der Waals surface area (Å²) < 4.78 is 27.7. The van der Waals surface area contributed by atoms with Crippen LogP contribution in [0.15, 0.2) is 88.9 Å². The van der Waals surface area contributed by atoms with E-state index in [0.29, 0.717) is 22.2 Å². The highest BCUT2D eigenvalue weighted by atomic mass is 35.5. The molecule has 0 spiro atoms. The zero-order valence-electron chi connectivity index (χ0n) is 17.8. The Morgan fingerprint density at radius 3 is 2.25 bits per heavy atom. The lowest BCUT2D eigenvalue weighted by molar-refractivity contribution is -0.119. The van der Waals surface area contributed by atoms with Crippen LogP contribution >= 0.6 is 11.6 Å². The molecule has 0 heterocycles. The Labute approximate surface area is 193 Å². The lowest BCUT2D eigenvalue weighted by Crippen LogP contribution is -2.39. The molecule has 8 heteroatoms. The first kappa shape index (κ1) is 23.5. The number of halogens is 1. The minimum absolute atomic E-state index is 0.0975. The molecular formula is C24H24ClN3O3S. The Morgan fingerprint density at radius 1 is 1.00 bits per heavy atom. The van der Waals surface area contributed by atoms with Gasteiger partial charge in [0.05, 0.1) is 16.8 Å². The van der Waals surface area contributed by atoms with Crippen molar-refractivity contribution in [2.45, 2.75) is 24.7 Å². The average Bonchev–Trinajstić information content (AvgIpc) is 2.79. The van der Waals surface area contributed by atoms with Crippen LogP contribution in [0.3, 0.4) is 0 Å². The van der Waals surface area contributed by atoms with Crippen molar-refractivity contribution >= 4 is 39.4 Å². The average molecular weight is 470 g/mol. The fraction of sp³-hybridized carbons (Fsp3) is 0.167. The van der Waals surface area contributed by atoms with Crippen LogP contribution in [0, 0.1) is 0 Å². The number of rotatable bonds is 8. The molecule has 0 bridgehead atoms. The second-order valence-corrected chi connectivity index (χ2v) is 9.66. The highest BCUT2D eigenvalue weighted by Crippen LogP contribution is 2.25. The second-order valence-electron chi connectivity index (χ2n) is 7.39. The van der Waals surface area contributed by atoms with Gasteiger partial charge in [0.2, 0.25) is 0 Å². The molecule has 0 radical (unpaired) electrons. The van der Waals surface area contributed by atoms with Gasteiger partial charge in [-0.05, 0) is 41.8 Å². The Hall–Kier alpha value is -3.16. The largest absolute Gasteiger partial charge is 0.271 e. The highest BCUT2D eigenvalue weighted by Gasteiger charge is 2.27. The monoisotopic (exact) mass is 469 g/mol. The maximum absolute atomic E-state index is 13.3. The molecule has 3 aromatic carbocycles. The molecular weight excluding hydrogens is 446 g/mol. The number of nitrogens with zero attached hydrogens (tertiary/aromatic N) is 2. The summed E-state index contributed by atoms with van der Waals surface area (Å²) in [6.45, 7) is 3.67. The quantitative estimate of drug-likeness (QED) is 0.380. The van der Waals surface area contributed by atoms with E-state index >= 15 is 0 Å². The summed E-state index contributed by atoms with van der Waals surface area (Å²) in [7, 11) is -3.97. The molecule has 0 unspecified atom stereocenters. The molecule has 0 aromatic heterocycles. The third-order valence-electron chi connectivity index (χ3n) is 4.76. The SMILES string of the molecule is CC(C)c1ccc(N(CC(=O)N/N=C\c2ccccc2Cl)S(=O)(=O)c2ccccc2)cc1.